The van der Waals surface area contributed by atoms with Crippen molar-refractivity contribution in [1.82, 2.24) is 4.98 Å². The summed E-state index contributed by atoms with van der Waals surface area (Å²) in [5, 5.41) is 0. The lowest BCUT2D eigenvalue weighted by Crippen LogP contribution is -2.05. The van der Waals surface area contributed by atoms with E-state index in [1.807, 2.05) is 12.1 Å². The van der Waals surface area contributed by atoms with E-state index in [0.29, 0.717) is 17.0 Å². The Morgan fingerprint density at radius 1 is 1.29 bits per heavy atom. The summed E-state index contributed by atoms with van der Waals surface area (Å²) in [5.41, 5.74) is 1.12. The molecule has 0 aromatic carbocycles. The summed E-state index contributed by atoms with van der Waals surface area (Å²) in [6, 6.07) is 6.84. The SMILES string of the molecule is Cc1occc(=O)c1-c1ccccn1. The number of hydrogen-bond donors (Lipinski definition) is 0. The van der Waals surface area contributed by atoms with Gasteiger partial charge in [0.1, 0.15) is 5.76 Å². The van der Waals surface area contributed by atoms with Gasteiger partial charge < -0.3 is 4.42 Å². The molecule has 0 fully saturated rings. The highest BCUT2D eigenvalue weighted by Gasteiger charge is 2.07. The zero-order valence-corrected chi connectivity index (χ0v) is 7.73. The normalized spacial score (nSPS) is 10.1. The van der Waals surface area contributed by atoms with Crippen LogP contribution in [0.2, 0.25) is 0 Å². The number of hydrogen-bond acceptors (Lipinski definition) is 3. The molecule has 0 aliphatic rings. The minimum absolute atomic E-state index is 0.0625. The molecule has 0 bridgehead atoms. The molecule has 0 saturated carbocycles. The van der Waals surface area contributed by atoms with Gasteiger partial charge in [-0.05, 0) is 19.1 Å². The molecular formula is C11H9NO2. The average Bonchev–Trinajstić information content (AvgIpc) is 2.19. The van der Waals surface area contributed by atoms with E-state index in [1.165, 1.54) is 12.3 Å². The Morgan fingerprint density at radius 3 is 2.79 bits per heavy atom. The molecule has 2 rings (SSSR count). The topological polar surface area (TPSA) is 43.1 Å². The number of rotatable bonds is 1. The largest absolute Gasteiger partial charge is 0.469 e. The molecule has 0 spiro atoms. The van der Waals surface area contributed by atoms with E-state index in [9.17, 15) is 4.79 Å². The molecule has 0 saturated heterocycles. The second-order valence-corrected chi connectivity index (χ2v) is 2.93. The first-order valence-electron chi connectivity index (χ1n) is 4.29. The van der Waals surface area contributed by atoms with Crippen molar-refractivity contribution in [2.45, 2.75) is 6.92 Å². The van der Waals surface area contributed by atoms with Crippen molar-refractivity contribution >= 4 is 0 Å². The zero-order valence-electron chi connectivity index (χ0n) is 7.73. The summed E-state index contributed by atoms with van der Waals surface area (Å²) in [4.78, 5) is 15.7. The molecule has 0 aliphatic carbocycles. The summed E-state index contributed by atoms with van der Waals surface area (Å²) in [6.45, 7) is 1.76. The monoisotopic (exact) mass is 187 g/mol. The van der Waals surface area contributed by atoms with E-state index in [0.717, 1.165) is 0 Å². The molecule has 70 valence electrons. The number of nitrogens with zero attached hydrogens (tertiary/aromatic N) is 1. The van der Waals surface area contributed by atoms with Crippen LogP contribution >= 0.6 is 0 Å². The Bertz CT molecular complexity index is 488. The van der Waals surface area contributed by atoms with Gasteiger partial charge in [0.15, 0.2) is 5.43 Å². The summed E-state index contributed by atoms with van der Waals surface area (Å²) in [7, 11) is 0. The van der Waals surface area contributed by atoms with Crippen LogP contribution in [-0.2, 0) is 0 Å². The summed E-state index contributed by atoms with van der Waals surface area (Å²) in [6.07, 6.45) is 3.05. The molecule has 2 aromatic rings. The lowest BCUT2D eigenvalue weighted by Gasteiger charge is -2.01. The van der Waals surface area contributed by atoms with Crippen molar-refractivity contribution in [2.75, 3.05) is 0 Å². The summed E-state index contributed by atoms with van der Waals surface area (Å²) >= 11 is 0. The highest BCUT2D eigenvalue weighted by atomic mass is 16.3. The van der Waals surface area contributed by atoms with Crippen LogP contribution in [0.3, 0.4) is 0 Å². The Hall–Kier alpha value is -1.90. The first kappa shape index (κ1) is 8.69. The van der Waals surface area contributed by atoms with Crippen molar-refractivity contribution in [3.05, 3.63) is 52.7 Å². The fraction of sp³-hybridized carbons (Fsp3) is 0.0909. The highest BCUT2D eigenvalue weighted by molar-refractivity contribution is 5.59. The molecule has 3 heteroatoms. The van der Waals surface area contributed by atoms with Gasteiger partial charge in [0.2, 0.25) is 0 Å². The van der Waals surface area contributed by atoms with Gasteiger partial charge in [0.05, 0.1) is 17.5 Å². The van der Waals surface area contributed by atoms with E-state index in [2.05, 4.69) is 4.98 Å². The van der Waals surface area contributed by atoms with Crippen LogP contribution in [0.5, 0.6) is 0 Å². The Kier molecular flexibility index (Phi) is 2.14. The first-order chi connectivity index (χ1) is 6.79. The standard InChI is InChI=1S/C11H9NO2/c1-8-11(10(13)5-7-14-8)9-4-2-3-6-12-9/h2-7H,1H3. The highest BCUT2D eigenvalue weighted by Crippen LogP contribution is 2.15. The second kappa shape index (κ2) is 3.46. The molecule has 0 aliphatic heterocycles. The van der Waals surface area contributed by atoms with Crippen LogP contribution in [0.1, 0.15) is 5.76 Å². The molecule has 2 heterocycles. The molecule has 0 N–H and O–H groups in total. The van der Waals surface area contributed by atoms with Gasteiger partial charge in [-0.3, -0.25) is 9.78 Å². The average molecular weight is 187 g/mol. The van der Waals surface area contributed by atoms with Gasteiger partial charge in [-0.2, -0.15) is 0 Å². The van der Waals surface area contributed by atoms with E-state index >= 15 is 0 Å². The minimum atomic E-state index is -0.0625. The van der Waals surface area contributed by atoms with E-state index in [1.54, 1.807) is 19.2 Å². The molecule has 14 heavy (non-hydrogen) atoms. The van der Waals surface area contributed by atoms with Crippen LogP contribution in [0.25, 0.3) is 11.3 Å². The third-order valence-electron chi connectivity index (χ3n) is 1.98. The molecule has 0 radical (unpaired) electrons. The van der Waals surface area contributed by atoms with E-state index in [4.69, 9.17) is 4.42 Å². The predicted molar refractivity (Wildman–Crippen MR) is 52.9 cm³/mol. The number of aromatic nitrogens is 1. The second-order valence-electron chi connectivity index (χ2n) is 2.93. The van der Waals surface area contributed by atoms with Crippen LogP contribution in [0.4, 0.5) is 0 Å². The fourth-order valence-electron chi connectivity index (χ4n) is 1.33. The predicted octanol–water partition coefficient (Wildman–Crippen LogP) is 2.01. The molecule has 0 atom stereocenters. The smallest absolute Gasteiger partial charge is 0.194 e. The number of aryl methyl sites for hydroxylation is 1. The van der Waals surface area contributed by atoms with Crippen molar-refractivity contribution in [2.24, 2.45) is 0 Å². The maximum atomic E-state index is 11.5. The molecule has 2 aromatic heterocycles. The van der Waals surface area contributed by atoms with E-state index < -0.39 is 0 Å². The minimum Gasteiger partial charge on any atom is -0.469 e. The Labute approximate surface area is 81.0 Å². The van der Waals surface area contributed by atoms with Gasteiger partial charge in [0, 0.05) is 12.3 Å². The van der Waals surface area contributed by atoms with Crippen molar-refractivity contribution < 1.29 is 4.42 Å². The first-order valence-corrected chi connectivity index (χ1v) is 4.29. The van der Waals surface area contributed by atoms with Gasteiger partial charge in [-0.25, -0.2) is 0 Å². The third-order valence-corrected chi connectivity index (χ3v) is 1.98. The third kappa shape index (κ3) is 1.44. The van der Waals surface area contributed by atoms with Crippen LogP contribution in [0, 0.1) is 6.92 Å². The lowest BCUT2D eigenvalue weighted by molar-refractivity contribution is 0.517. The lowest BCUT2D eigenvalue weighted by atomic mass is 10.1. The summed E-state index contributed by atoms with van der Waals surface area (Å²) < 4.78 is 5.15. The Morgan fingerprint density at radius 2 is 2.14 bits per heavy atom. The zero-order chi connectivity index (χ0) is 9.97. The van der Waals surface area contributed by atoms with E-state index in [-0.39, 0.29) is 5.43 Å². The van der Waals surface area contributed by atoms with Crippen molar-refractivity contribution in [3.8, 4) is 11.3 Å². The summed E-state index contributed by atoms with van der Waals surface area (Å²) in [5.74, 6) is 0.594. The van der Waals surface area contributed by atoms with Gasteiger partial charge in [0.25, 0.3) is 0 Å². The molecule has 0 unspecified atom stereocenters. The van der Waals surface area contributed by atoms with Gasteiger partial charge in [-0.15, -0.1) is 0 Å². The van der Waals surface area contributed by atoms with Crippen LogP contribution in [0.15, 0.2) is 45.9 Å². The van der Waals surface area contributed by atoms with Gasteiger partial charge in [-0.1, -0.05) is 6.07 Å². The molecular weight excluding hydrogens is 178 g/mol. The van der Waals surface area contributed by atoms with Crippen molar-refractivity contribution in [3.63, 3.8) is 0 Å². The molecule has 0 amide bonds. The Balaban J connectivity index is 2.69. The maximum Gasteiger partial charge on any atom is 0.194 e. The number of pyridine rings is 1. The van der Waals surface area contributed by atoms with Crippen molar-refractivity contribution in [1.29, 1.82) is 0 Å². The maximum absolute atomic E-state index is 11.5. The fourth-order valence-corrected chi connectivity index (χ4v) is 1.33. The molecule has 3 nitrogen and oxygen atoms in total. The van der Waals surface area contributed by atoms with Crippen LogP contribution < -0.4 is 5.43 Å². The van der Waals surface area contributed by atoms with Gasteiger partial charge >= 0.3 is 0 Å². The quantitative estimate of drug-likeness (QED) is 0.685. The van der Waals surface area contributed by atoms with Crippen LogP contribution in [-0.4, -0.2) is 4.98 Å².